The summed E-state index contributed by atoms with van der Waals surface area (Å²) in [5.74, 6) is 2.54. The smallest absolute Gasteiger partial charge is 0.212 e. The highest BCUT2D eigenvalue weighted by molar-refractivity contribution is 5.43. The van der Waals surface area contributed by atoms with Crippen molar-refractivity contribution in [3.63, 3.8) is 0 Å². The molecular weight excluding hydrogens is 266 g/mol. The third-order valence-electron chi connectivity index (χ3n) is 3.26. The van der Waals surface area contributed by atoms with Gasteiger partial charge in [0.25, 0.3) is 0 Å². The number of benzene rings is 1. The van der Waals surface area contributed by atoms with Crippen molar-refractivity contribution in [3.8, 4) is 17.4 Å². The Morgan fingerprint density at radius 2 is 1.81 bits per heavy atom. The molecule has 112 valence electrons. The highest BCUT2D eigenvalue weighted by atomic mass is 16.5. The molecule has 0 unspecified atom stereocenters. The molecule has 1 aromatic heterocycles. The monoisotopic (exact) mass is 287 g/mol. The Labute approximate surface area is 125 Å². The van der Waals surface area contributed by atoms with Crippen molar-refractivity contribution in [3.05, 3.63) is 47.7 Å². The Bertz CT molecular complexity index is 579. The van der Waals surface area contributed by atoms with Crippen LogP contribution in [0.5, 0.6) is 17.4 Å². The molecule has 0 spiro atoms. The summed E-state index contributed by atoms with van der Waals surface area (Å²) in [7, 11) is 3.25. The number of pyridine rings is 1. The minimum Gasteiger partial charge on any atom is -0.493 e. The molecule has 0 saturated heterocycles. The van der Waals surface area contributed by atoms with Crippen molar-refractivity contribution >= 4 is 0 Å². The van der Waals surface area contributed by atoms with Crippen molar-refractivity contribution in [2.75, 3.05) is 14.2 Å². The van der Waals surface area contributed by atoms with Gasteiger partial charge in [-0.1, -0.05) is 19.9 Å². The van der Waals surface area contributed by atoms with Crippen molar-refractivity contribution in [2.45, 2.75) is 26.4 Å². The van der Waals surface area contributed by atoms with Crippen molar-refractivity contribution in [1.29, 1.82) is 0 Å². The normalized spacial score (nSPS) is 10.5. The Morgan fingerprint density at radius 3 is 2.38 bits per heavy atom. The molecule has 0 amide bonds. The van der Waals surface area contributed by atoms with Gasteiger partial charge in [-0.3, -0.25) is 0 Å². The van der Waals surface area contributed by atoms with Gasteiger partial charge < -0.3 is 14.2 Å². The van der Waals surface area contributed by atoms with E-state index in [1.807, 2.05) is 24.3 Å². The number of rotatable bonds is 6. The molecule has 4 nitrogen and oxygen atoms in total. The molecule has 1 heterocycles. The number of nitrogens with zero attached hydrogens (tertiary/aromatic N) is 1. The topological polar surface area (TPSA) is 40.6 Å². The van der Waals surface area contributed by atoms with Crippen LogP contribution >= 0.6 is 0 Å². The van der Waals surface area contributed by atoms with Gasteiger partial charge in [-0.25, -0.2) is 4.98 Å². The van der Waals surface area contributed by atoms with E-state index in [9.17, 15) is 0 Å². The summed E-state index contributed by atoms with van der Waals surface area (Å²) in [6.45, 7) is 4.74. The van der Waals surface area contributed by atoms with E-state index in [4.69, 9.17) is 14.2 Å². The molecule has 21 heavy (non-hydrogen) atoms. The molecule has 2 rings (SSSR count). The minimum atomic E-state index is 0.439. The summed E-state index contributed by atoms with van der Waals surface area (Å²) in [5.41, 5.74) is 2.20. The SMILES string of the molecule is COc1ccc(COc2ccc(C(C)C)cc2OC)cn1. The average molecular weight is 287 g/mol. The molecule has 0 aliphatic rings. The fraction of sp³-hybridized carbons (Fsp3) is 0.353. The maximum Gasteiger partial charge on any atom is 0.212 e. The lowest BCUT2D eigenvalue weighted by Crippen LogP contribution is -1.99. The van der Waals surface area contributed by atoms with Gasteiger partial charge in [0.2, 0.25) is 5.88 Å². The van der Waals surface area contributed by atoms with Gasteiger partial charge in [0.05, 0.1) is 14.2 Å². The first-order chi connectivity index (χ1) is 10.1. The number of hydrogen-bond acceptors (Lipinski definition) is 4. The first kappa shape index (κ1) is 15.2. The summed E-state index contributed by atoms with van der Waals surface area (Å²) >= 11 is 0. The van der Waals surface area contributed by atoms with Crippen molar-refractivity contribution in [1.82, 2.24) is 4.98 Å². The number of methoxy groups -OCH3 is 2. The molecule has 0 bridgehead atoms. The minimum absolute atomic E-state index is 0.439. The van der Waals surface area contributed by atoms with Crippen LogP contribution in [0.1, 0.15) is 30.9 Å². The largest absolute Gasteiger partial charge is 0.493 e. The fourth-order valence-electron chi connectivity index (χ4n) is 1.94. The van der Waals surface area contributed by atoms with Gasteiger partial charge in [-0.2, -0.15) is 0 Å². The van der Waals surface area contributed by atoms with E-state index in [2.05, 4.69) is 24.9 Å². The van der Waals surface area contributed by atoms with Crippen molar-refractivity contribution in [2.24, 2.45) is 0 Å². The molecular formula is C17H21NO3. The van der Waals surface area contributed by atoms with E-state index >= 15 is 0 Å². The molecule has 0 aliphatic carbocycles. The third-order valence-corrected chi connectivity index (χ3v) is 3.26. The average Bonchev–Trinajstić information content (AvgIpc) is 2.53. The predicted octanol–water partition coefficient (Wildman–Crippen LogP) is 3.80. The second-order valence-corrected chi connectivity index (χ2v) is 5.06. The highest BCUT2D eigenvalue weighted by Gasteiger charge is 2.08. The van der Waals surface area contributed by atoms with Gasteiger partial charge in [-0.05, 0) is 29.7 Å². The summed E-state index contributed by atoms with van der Waals surface area (Å²) < 4.78 is 16.2. The van der Waals surface area contributed by atoms with Gasteiger partial charge in [0.1, 0.15) is 6.61 Å². The number of ether oxygens (including phenoxy) is 3. The summed E-state index contributed by atoms with van der Waals surface area (Å²) in [5, 5.41) is 0. The standard InChI is InChI=1S/C17H21NO3/c1-12(2)14-6-7-15(16(9-14)19-3)21-11-13-5-8-17(20-4)18-10-13/h5-10,12H,11H2,1-4H3. The molecule has 0 fully saturated rings. The summed E-state index contributed by atoms with van der Waals surface area (Å²) in [6, 6.07) is 9.78. The maximum atomic E-state index is 5.82. The first-order valence-electron chi connectivity index (χ1n) is 6.93. The van der Waals surface area contributed by atoms with Crippen LogP contribution in [0, 0.1) is 0 Å². The summed E-state index contributed by atoms with van der Waals surface area (Å²) in [6.07, 6.45) is 1.74. The second-order valence-electron chi connectivity index (χ2n) is 5.06. The Hall–Kier alpha value is -2.23. The molecule has 1 aromatic carbocycles. The maximum absolute atomic E-state index is 5.82. The van der Waals surface area contributed by atoms with Gasteiger partial charge >= 0.3 is 0 Å². The van der Waals surface area contributed by atoms with E-state index in [1.54, 1.807) is 20.4 Å². The van der Waals surface area contributed by atoms with E-state index in [-0.39, 0.29) is 0 Å². The van der Waals surface area contributed by atoms with E-state index in [0.717, 1.165) is 17.1 Å². The quantitative estimate of drug-likeness (QED) is 0.810. The van der Waals surface area contributed by atoms with Gasteiger partial charge in [0.15, 0.2) is 11.5 Å². The first-order valence-corrected chi connectivity index (χ1v) is 6.93. The molecule has 0 aliphatic heterocycles. The Kier molecular flexibility index (Phi) is 5.04. The van der Waals surface area contributed by atoms with E-state index in [1.165, 1.54) is 5.56 Å². The van der Waals surface area contributed by atoms with Crippen LogP contribution in [0.3, 0.4) is 0 Å². The number of aromatic nitrogens is 1. The van der Waals surface area contributed by atoms with Gasteiger partial charge in [0, 0.05) is 17.8 Å². The van der Waals surface area contributed by atoms with E-state index < -0.39 is 0 Å². The lowest BCUT2D eigenvalue weighted by atomic mass is 10.0. The molecule has 0 atom stereocenters. The van der Waals surface area contributed by atoms with Crippen LogP contribution in [-0.2, 0) is 6.61 Å². The lowest BCUT2D eigenvalue weighted by molar-refractivity contribution is 0.283. The zero-order valence-electron chi connectivity index (χ0n) is 12.9. The summed E-state index contributed by atoms with van der Waals surface area (Å²) in [4.78, 5) is 4.16. The molecule has 4 heteroatoms. The number of hydrogen-bond donors (Lipinski definition) is 0. The van der Waals surface area contributed by atoms with Crippen LogP contribution in [0.2, 0.25) is 0 Å². The van der Waals surface area contributed by atoms with Crippen LogP contribution in [-0.4, -0.2) is 19.2 Å². The molecule has 0 N–H and O–H groups in total. The zero-order chi connectivity index (χ0) is 15.2. The predicted molar refractivity (Wildman–Crippen MR) is 82.2 cm³/mol. The van der Waals surface area contributed by atoms with Gasteiger partial charge in [-0.15, -0.1) is 0 Å². The molecule has 0 saturated carbocycles. The Morgan fingerprint density at radius 1 is 1.00 bits per heavy atom. The van der Waals surface area contributed by atoms with Crippen LogP contribution < -0.4 is 14.2 Å². The van der Waals surface area contributed by atoms with E-state index in [0.29, 0.717) is 18.4 Å². The van der Waals surface area contributed by atoms with Crippen LogP contribution in [0.15, 0.2) is 36.5 Å². The lowest BCUT2D eigenvalue weighted by Gasteiger charge is -2.13. The highest BCUT2D eigenvalue weighted by Crippen LogP contribution is 2.31. The second kappa shape index (κ2) is 6.97. The van der Waals surface area contributed by atoms with Crippen LogP contribution in [0.4, 0.5) is 0 Å². The molecule has 0 radical (unpaired) electrons. The van der Waals surface area contributed by atoms with Crippen molar-refractivity contribution < 1.29 is 14.2 Å². The van der Waals surface area contributed by atoms with Crippen LogP contribution in [0.25, 0.3) is 0 Å². The third kappa shape index (κ3) is 3.88. The Balaban J connectivity index is 2.08. The molecule has 2 aromatic rings. The fourth-order valence-corrected chi connectivity index (χ4v) is 1.94. The zero-order valence-corrected chi connectivity index (χ0v) is 12.9.